The number of aromatic nitrogens is 1. The smallest absolute Gasteiger partial charge is 0.410 e. The van der Waals surface area contributed by atoms with Gasteiger partial charge in [-0.2, -0.15) is 5.26 Å². The van der Waals surface area contributed by atoms with Gasteiger partial charge in [-0.1, -0.05) is 0 Å². The lowest BCUT2D eigenvalue weighted by Gasteiger charge is -2.50. The molecule has 0 spiro atoms. The molecule has 9 nitrogen and oxygen atoms in total. The van der Waals surface area contributed by atoms with E-state index in [9.17, 15) is 14.1 Å². The average molecular weight is 473 g/mol. The third-order valence-corrected chi connectivity index (χ3v) is 10.6. The van der Waals surface area contributed by atoms with Gasteiger partial charge in [0.15, 0.2) is 0 Å². The van der Waals surface area contributed by atoms with Crippen LogP contribution in [0.15, 0.2) is 41.4 Å². The fourth-order valence-corrected chi connectivity index (χ4v) is 8.28. The van der Waals surface area contributed by atoms with Crippen LogP contribution < -0.4 is 15.4 Å². The van der Waals surface area contributed by atoms with E-state index >= 15 is 4.39 Å². The number of hydrogen-bond acceptors (Lipinski definition) is 6. The van der Waals surface area contributed by atoms with E-state index in [0.717, 1.165) is 0 Å². The normalized spacial score (nSPS) is 25.8. The standard InChI is InChI=1S/C22H25FN6O3S/c1-21(2)19(28-20(30)31)29-22(3,16-10-11-25-33(16,21)32)18-15(23)8-9-17(27-18)26-14-6-4-13(12-24)5-7-14/h4-9,16,33H,10-11H2,1-3H3,(H,25,32)(H,26,27)(H,28,29)(H,30,31)/t16-,22-/m0/s1. The van der Waals surface area contributed by atoms with Crippen molar-refractivity contribution < 1.29 is 18.5 Å². The van der Waals surface area contributed by atoms with E-state index < -0.39 is 37.6 Å². The number of carbonyl (C=O) groups is 1. The molecule has 11 heteroatoms. The fourth-order valence-electron chi connectivity index (χ4n) is 4.62. The van der Waals surface area contributed by atoms with Gasteiger partial charge in [0.2, 0.25) is 0 Å². The van der Waals surface area contributed by atoms with Crippen molar-refractivity contribution in [2.24, 2.45) is 4.99 Å². The van der Waals surface area contributed by atoms with Crippen LogP contribution in [0, 0.1) is 17.1 Å². The van der Waals surface area contributed by atoms with E-state index in [1.807, 2.05) is 6.07 Å². The number of benzene rings is 1. The lowest BCUT2D eigenvalue weighted by atomic mass is 9.89. The Labute approximate surface area is 191 Å². The highest BCUT2D eigenvalue weighted by molar-refractivity contribution is 8.04. The first-order valence-corrected chi connectivity index (χ1v) is 12.2. The molecule has 2 aliphatic heterocycles. The minimum atomic E-state index is -3.25. The molecular formula is C22H25FN6O3S. The Morgan fingerprint density at radius 1 is 1.27 bits per heavy atom. The van der Waals surface area contributed by atoms with Crippen molar-refractivity contribution >= 4 is 33.6 Å². The molecule has 0 unspecified atom stereocenters. The van der Waals surface area contributed by atoms with Crippen molar-refractivity contribution in [2.75, 3.05) is 11.9 Å². The van der Waals surface area contributed by atoms with Crippen LogP contribution >= 0.6 is 0 Å². The zero-order valence-electron chi connectivity index (χ0n) is 18.4. The molecular weight excluding hydrogens is 447 g/mol. The van der Waals surface area contributed by atoms with Crippen molar-refractivity contribution in [1.29, 1.82) is 5.26 Å². The van der Waals surface area contributed by atoms with Crippen LogP contribution in [0.4, 0.5) is 20.7 Å². The Morgan fingerprint density at radius 3 is 2.61 bits per heavy atom. The zero-order valence-corrected chi connectivity index (χ0v) is 19.3. The van der Waals surface area contributed by atoms with Gasteiger partial charge in [-0.3, -0.25) is 19.2 Å². The Bertz CT molecular complexity index is 1240. The number of hydrogen-bond donors (Lipinski definition) is 5. The van der Waals surface area contributed by atoms with Gasteiger partial charge in [0.1, 0.15) is 28.7 Å². The van der Waals surface area contributed by atoms with Crippen LogP contribution in [-0.2, 0) is 15.7 Å². The van der Waals surface area contributed by atoms with Gasteiger partial charge >= 0.3 is 6.09 Å². The van der Waals surface area contributed by atoms with Gasteiger partial charge in [0.25, 0.3) is 0 Å². The highest BCUT2D eigenvalue weighted by atomic mass is 32.3. The average Bonchev–Trinajstić information content (AvgIpc) is 3.18. The molecule has 33 heavy (non-hydrogen) atoms. The topological polar surface area (TPSA) is 140 Å². The summed E-state index contributed by atoms with van der Waals surface area (Å²) in [5, 5.41) is 23.1. The summed E-state index contributed by atoms with van der Waals surface area (Å²) < 4.78 is 31.3. The van der Waals surface area contributed by atoms with Gasteiger partial charge in [0, 0.05) is 12.2 Å². The van der Waals surface area contributed by atoms with Crippen LogP contribution in [0.25, 0.3) is 0 Å². The Morgan fingerprint density at radius 2 is 1.97 bits per heavy atom. The van der Waals surface area contributed by atoms with Crippen LogP contribution in [0.2, 0.25) is 0 Å². The number of amidine groups is 1. The number of halogens is 1. The van der Waals surface area contributed by atoms with Crippen molar-refractivity contribution in [3.05, 3.63) is 53.5 Å². The Hall–Kier alpha value is -3.36. The molecule has 0 saturated carbocycles. The summed E-state index contributed by atoms with van der Waals surface area (Å²) >= 11 is 0. The summed E-state index contributed by atoms with van der Waals surface area (Å²) in [6.45, 7) is 5.45. The van der Waals surface area contributed by atoms with Gasteiger partial charge in [0.05, 0.1) is 21.6 Å². The maximum atomic E-state index is 15.2. The highest BCUT2D eigenvalue weighted by Crippen LogP contribution is 2.48. The zero-order chi connectivity index (χ0) is 24.0. The molecule has 4 rings (SSSR count). The number of nitrogens with zero attached hydrogens (tertiary/aromatic N) is 3. The molecule has 2 aliphatic rings. The number of aliphatic imine (C=N–C) groups is 1. The number of nitriles is 1. The largest absolute Gasteiger partial charge is 0.465 e. The second-order valence-electron chi connectivity index (χ2n) is 8.81. The molecule has 1 amide bonds. The summed E-state index contributed by atoms with van der Waals surface area (Å²) in [7, 11) is -3.25. The molecule has 2 aromatic rings. The fraction of sp³-hybridized carbons (Fsp3) is 0.364. The van der Waals surface area contributed by atoms with Gasteiger partial charge < -0.3 is 10.4 Å². The van der Waals surface area contributed by atoms with E-state index in [0.29, 0.717) is 30.0 Å². The van der Waals surface area contributed by atoms with Crippen LogP contribution in [0.3, 0.4) is 0 Å². The van der Waals surface area contributed by atoms with E-state index in [1.54, 1.807) is 45.0 Å². The first kappa shape index (κ1) is 22.8. The Kier molecular flexibility index (Phi) is 5.46. The Balaban J connectivity index is 1.82. The molecule has 2 atom stereocenters. The summed E-state index contributed by atoms with van der Waals surface area (Å²) in [6, 6.07) is 11.5. The van der Waals surface area contributed by atoms with Crippen LogP contribution in [0.5, 0.6) is 0 Å². The number of pyridine rings is 1. The number of fused-ring (bicyclic) bond motifs is 1. The van der Waals surface area contributed by atoms with E-state index in [1.165, 1.54) is 12.1 Å². The number of anilines is 2. The van der Waals surface area contributed by atoms with E-state index in [-0.39, 0.29) is 11.5 Å². The monoisotopic (exact) mass is 472 g/mol. The maximum absolute atomic E-state index is 15.2. The number of nitrogens with one attached hydrogen (secondary N) is 3. The molecule has 0 bridgehead atoms. The molecule has 1 fully saturated rings. The number of rotatable bonds is 3. The maximum Gasteiger partial charge on any atom is 0.410 e. The van der Waals surface area contributed by atoms with Crippen molar-refractivity contribution in [3.8, 4) is 6.07 Å². The molecule has 1 saturated heterocycles. The van der Waals surface area contributed by atoms with Crippen molar-refractivity contribution in [2.45, 2.75) is 42.7 Å². The second-order valence-corrected chi connectivity index (χ2v) is 12.2. The van der Waals surface area contributed by atoms with Gasteiger partial charge in [-0.25, -0.2) is 14.2 Å². The molecule has 1 aromatic heterocycles. The minimum absolute atomic E-state index is 0.0122. The highest BCUT2D eigenvalue weighted by Gasteiger charge is 2.59. The minimum Gasteiger partial charge on any atom is -0.465 e. The van der Waals surface area contributed by atoms with Crippen LogP contribution in [0.1, 0.15) is 38.4 Å². The number of amides is 1. The summed E-state index contributed by atoms with van der Waals surface area (Å²) in [6.07, 6.45) is -0.854. The summed E-state index contributed by atoms with van der Waals surface area (Å²) in [5.74, 6) is -0.275. The second kappa shape index (κ2) is 7.90. The lowest BCUT2D eigenvalue weighted by Crippen LogP contribution is -2.66. The first-order valence-electron chi connectivity index (χ1n) is 10.4. The SMILES string of the molecule is CC1(C)C(NC(=O)O)=N[C@](C)(c2nc(Nc3ccc(C#N)cc3)ccc2F)[C@@H]2CCN[SH]21=O. The van der Waals surface area contributed by atoms with Gasteiger partial charge in [-0.05, 0) is 73.7 Å². The first-order chi connectivity index (χ1) is 15.5. The molecule has 0 aliphatic carbocycles. The number of thiol groups is 1. The van der Waals surface area contributed by atoms with Crippen LogP contribution in [-0.4, -0.2) is 42.8 Å². The van der Waals surface area contributed by atoms with Crippen molar-refractivity contribution in [3.63, 3.8) is 0 Å². The third-order valence-electron chi connectivity index (χ3n) is 6.44. The third kappa shape index (κ3) is 3.65. The molecule has 174 valence electrons. The summed E-state index contributed by atoms with van der Waals surface area (Å²) in [4.78, 5) is 20.6. The number of carboxylic acid groups (broad SMARTS) is 1. The van der Waals surface area contributed by atoms with E-state index in [2.05, 4.69) is 25.3 Å². The summed E-state index contributed by atoms with van der Waals surface area (Å²) in [5.41, 5.74) is -0.226. The molecule has 4 N–H and O–H groups in total. The molecule has 3 heterocycles. The predicted octanol–water partition coefficient (Wildman–Crippen LogP) is 2.80. The van der Waals surface area contributed by atoms with Gasteiger partial charge in [-0.15, -0.1) is 0 Å². The van der Waals surface area contributed by atoms with Crippen molar-refractivity contribution in [1.82, 2.24) is 15.0 Å². The molecule has 0 radical (unpaired) electrons. The quantitative estimate of drug-likeness (QED) is 0.435. The predicted molar refractivity (Wildman–Crippen MR) is 125 cm³/mol. The lowest BCUT2D eigenvalue weighted by molar-refractivity contribution is 0.199. The molecule has 1 aromatic carbocycles. The van der Waals surface area contributed by atoms with E-state index in [4.69, 9.17) is 5.26 Å².